The normalized spacial score (nSPS) is 18.4. The van der Waals surface area contributed by atoms with Crippen LogP contribution in [0.3, 0.4) is 0 Å². The lowest BCUT2D eigenvalue weighted by molar-refractivity contribution is 0.275. The van der Waals surface area contributed by atoms with Crippen LogP contribution < -0.4 is 11.1 Å². The van der Waals surface area contributed by atoms with E-state index in [0.717, 1.165) is 32.5 Å². The molecule has 0 bridgehead atoms. The van der Waals surface area contributed by atoms with Gasteiger partial charge in [0.1, 0.15) is 0 Å². The molecule has 0 saturated carbocycles. The molecule has 1 rings (SSSR count). The molecule has 0 aliphatic carbocycles. The standard InChI is InChI=1S/C14H31N5.HI/c1-3-4-7-16-14(15)17-8-5-10-19-11-6-9-18(2)12-13-19;/h3-13H2,1-2H3,(H3,15,16,17);1H. The molecule has 1 saturated heterocycles. The highest BCUT2D eigenvalue weighted by Gasteiger charge is 2.10. The molecule has 20 heavy (non-hydrogen) atoms. The largest absolute Gasteiger partial charge is 0.370 e. The molecule has 120 valence electrons. The molecule has 0 atom stereocenters. The van der Waals surface area contributed by atoms with Gasteiger partial charge in [0.15, 0.2) is 5.96 Å². The van der Waals surface area contributed by atoms with E-state index in [0.29, 0.717) is 5.96 Å². The second-order valence-corrected chi connectivity index (χ2v) is 5.40. The van der Waals surface area contributed by atoms with E-state index in [1.54, 1.807) is 0 Å². The van der Waals surface area contributed by atoms with Gasteiger partial charge >= 0.3 is 0 Å². The summed E-state index contributed by atoms with van der Waals surface area (Å²) < 4.78 is 0. The summed E-state index contributed by atoms with van der Waals surface area (Å²) in [7, 11) is 2.20. The van der Waals surface area contributed by atoms with E-state index in [1.807, 2.05) is 0 Å². The Morgan fingerprint density at radius 3 is 2.75 bits per heavy atom. The van der Waals surface area contributed by atoms with Crippen molar-refractivity contribution in [3.8, 4) is 0 Å². The zero-order valence-electron chi connectivity index (χ0n) is 13.1. The SMILES string of the molecule is CCCCNC(N)=NCCCN1CCCN(C)CC1.I. The van der Waals surface area contributed by atoms with E-state index in [2.05, 4.69) is 34.1 Å². The Morgan fingerprint density at radius 1 is 1.20 bits per heavy atom. The van der Waals surface area contributed by atoms with E-state index in [1.165, 1.54) is 39.0 Å². The number of aliphatic imine (C=N–C) groups is 1. The van der Waals surface area contributed by atoms with Crippen molar-refractivity contribution in [3.05, 3.63) is 0 Å². The molecule has 6 heteroatoms. The Morgan fingerprint density at radius 2 is 2.00 bits per heavy atom. The molecule has 1 fully saturated rings. The lowest BCUT2D eigenvalue weighted by atomic mass is 10.3. The van der Waals surface area contributed by atoms with Gasteiger partial charge in [0, 0.05) is 26.2 Å². The number of halogens is 1. The maximum absolute atomic E-state index is 5.80. The summed E-state index contributed by atoms with van der Waals surface area (Å²) in [5.74, 6) is 0.601. The number of nitrogens with zero attached hydrogens (tertiary/aromatic N) is 3. The monoisotopic (exact) mass is 397 g/mol. The number of likely N-dealkylation sites (N-methyl/N-ethyl adjacent to an activating group) is 1. The first-order valence-corrected chi connectivity index (χ1v) is 7.67. The third-order valence-corrected chi connectivity index (χ3v) is 3.56. The average molecular weight is 397 g/mol. The first kappa shape index (κ1) is 19.9. The van der Waals surface area contributed by atoms with Gasteiger partial charge in [-0.3, -0.25) is 4.99 Å². The van der Waals surface area contributed by atoms with Gasteiger partial charge in [-0.2, -0.15) is 0 Å². The summed E-state index contributed by atoms with van der Waals surface area (Å²) >= 11 is 0. The summed E-state index contributed by atoms with van der Waals surface area (Å²) in [6, 6.07) is 0. The number of guanidine groups is 1. The molecular weight excluding hydrogens is 365 g/mol. The fourth-order valence-corrected chi connectivity index (χ4v) is 2.27. The number of nitrogens with two attached hydrogens (primary N) is 1. The Labute approximate surface area is 141 Å². The Balaban J connectivity index is 0.00000361. The highest BCUT2D eigenvalue weighted by atomic mass is 127. The molecule has 0 aromatic heterocycles. The smallest absolute Gasteiger partial charge is 0.188 e. The second kappa shape index (κ2) is 12.6. The van der Waals surface area contributed by atoms with Crippen LogP contribution in [0.5, 0.6) is 0 Å². The molecule has 1 aliphatic heterocycles. The van der Waals surface area contributed by atoms with Crippen LogP contribution in [0, 0.1) is 0 Å². The first-order chi connectivity index (χ1) is 9.22. The van der Waals surface area contributed by atoms with Gasteiger partial charge in [-0.1, -0.05) is 13.3 Å². The predicted molar refractivity (Wildman–Crippen MR) is 98.0 cm³/mol. The van der Waals surface area contributed by atoms with Crippen molar-refractivity contribution in [1.29, 1.82) is 0 Å². The van der Waals surface area contributed by atoms with Crippen LogP contribution in [0.25, 0.3) is 0 Å². The van der Waals surface area contributed by atoms with Gasteiger partial charge in [0.2, 0.25) is 0 Å². The van der Waals surface area contributed by atoms with E-state index >= 15 is 0 Å². The van der Waals surface area contributed by atoms with Gasteiger partial charge in [-0.15, -0.1) is 24.0 Å². The van der Waals surface area contributed by atoms with Crippen LogP contribution in [0.2, 0.25) is 0 Å². The highest BCUT2D eigenvalue weighted by Crippen LogP contribution is 2.01. The van der Waals surface area contributed by atoms with Crippen molar-refractivity contribution >= 4 is 29.9 Å². The van der Waals surface area contributed by atoms with Crippen LogP contribution in [0.15, 0.2) is 4.99 Å². The summed E-state index contributed by atoms with van der Waals surface area (Å²) in [6.07, 6.45) is 4.71. The van der Waals surface area contributed by atoms with Crippen molar-refractivity contribution in [2.75, 3.05) is 52.9 Å². The quantitative estimate of drug-likeness (QED) is 0.295. The van der Waals surface area contributed by atoms with Gasteiger partial charge in [0.25, 0.3) is 0 Å². The van der Waals surface area contributed by atoms with E-state index in [4.69, 9.17) is 5.73 Å². The van der Waals surface area contributed by atoms with Crippen molar-refractivity contribution < 1.29 is 0 Å². The molecule has 5 nitrogen and oxygen atoms in total. The Bertz CT molecular complexity index is 260. The van der Waals surface area contributed by atoms with Gasteiger partial charge < -0.3 is 20.9 Å². The zero-order valence-corrected chi connectivity index (χ0v) is 15.4. The van der Waals surface area contributed by atoms with E-state index < -0.39 is 0 Å². The second-order valence-electron chi connectivity index (χ2n) is 5.40. The Kier molecular flexibility index (Phi) is 12.6. The van der Waals surface area contributed by atoms with Crippen LogP contribution >= 0.6 is 24.0 Å². The first-order valence-electron chi connectivity index (χ1n) is 7.67. The lowest BCUT2D eigenvalue weighted by Crippen LogP contribution is -2.33. The van der Waals surface area contributed by atoms with E-state index in [-0.39, 0.29) is 24.0 Å². The number of hydrogen-bond acceptors (Lipinski definition) is 3. The summed E-state index contributed by atoms with van der Waals surface area (Å²) in [5, 5.41) is 3.15. The molecule has 0 radical (unpaired) electrons. The molecule has 1 aliphatic rings. The average Bonchev–Trinajstić information content (AvgIpc) is 2.60. The van der Waals surface area contributed by atoms with Crippen LogP contribution in [-0.4, -0.2) is 68.6 Å². The molecule has 0 unspecified atom stereocenters. The fourth-order valence-electron chi connectivity index (χ4n) is 2.27. The molecule has 3 N–H and O–H groups in total. The molecule has 0 spiro atoms. The third kappa shape index (κ3) is 9.77. The summed E-state index contributed by atoms with van der Waals surface area (Å²) in [4.78, 5) is 9.32. The van der Waals surface area contributed by atoms with Gasteiger partial charge in [0.05, 0.1) is 0 Å². The third-order valence-electron chi connectivity index (χ3n) is 3.56. The maximum Gasteiger partial charge on any atom is 0.188 e. The molecule has 0 amide bonds. The van der Waals surface area contributed by atoms with Gasteiger partial charge in [-0.25, -0.2) is 0 Å². The molecule has 0 aromatic carbocycles. The highest BCUT2D eigenvalue weighted by molar-refractivity contribution is 14.0. The van der Waals surface area contributed by atoms with Crippen LogP contribution in [0.4, 0.5) is 0 Å². The van der Waals surface area contributed by atoms with Crippen LogP contribution in [0.1, 0.15) is 32.6 Å². The molecular formula is C14H32IN5. The Hall–Kier alpha value is -0.0800. The van der Waals surface area contributed by atoms with Crippen molar-refractivity contribution in [2.45, 2.75) is 32.6 Å². The van der Waals surface area contributed by atoms with Crippen LogP contribution in [-0.2, 0) is 0 Å². The van der Waals surface area contributed by atoms with E-state index in [9.17, 15) is 0 Å². The summed E-state index contributed by atoms with van der Waals surface area (Å²) in [6.45, 7) is 9.89. The molecule has 0 aromatic rings. The minimum Gasteiger partial charge on any atom is -0.370 e. The minimum atomic E-state index is 0. The zero-order chi connectivity index (χ0) is 13.9. The minimum absolute atomic E-state index is 0. The maximum atomic E-state index is 5.80. The van der Waals surface area contributed by atoms with Gasteiger partial charge in [-0.05, 0) is 45.9 Å². The predicted octanol–water partition coefficient (Wildman–Crippen LogP) is 1.34. The topological polar surface area (TPSA) is 56.9 Å². The number of rotatable bonds is 7. The number of hydrogen-bond donors (Lipinski definition) is 2. The summed E-state index contributed by atoms with van der Waals surface area (Å²) in [5.41, 5.74) is 5.80. The fraction of sp³-hybridized carbons (Fsp3) is 0.929. The molecule has 1 heterocycles. The van der Waals surface area contributed by atoms with Crippen molar-refractivity contribution in [2.24, 2.45) is 10.7 Å². The van der Waals surface area contributed by atoms with Crippen molar-refractivity contribution in [3.63, 3.8) is 0 Å². The number of nitrogens with one attached hydrogen (secondary N) is 1. The number of unbranched alkanes of at least 4 members (excludes halogenated alkanes) is 1. The van der Waals surface area contributed by atoms with Crippen molar-refractivity contribution in [1.82, 2.24) is 15.1 Å². The lowest BCUT2D eigenvalue weighted by Gasteiger charge is -2.19.